The predicted octanol–water partition coefficient (Wildman–Crippen LogP) is 1.66. The second-order valence-corrected chi connectivity index (χ2v) is 7.95. The van der Waals surface area contributed by atoms with Crippen molar-refractivity contribution in [3.63, 3.8) is 0 Å². The zero-order valence-electron chi connectivity index (χ0n) is 18.2. The van der Waals surface area contributed by atoms with Gasteiger partial charge in [-0.25, -0.2) is 0 Å². The molecule has 9 heteroatoms. The average molecular weight is 450 g/mol. The number of aliphatic hydroxyl groups is 1. The lowest BCUT2D eigenvalue weighted by atomic mass is 9.82. The summed E-state index contributed by atoms with van der Waals surface area (Å²) in [6, 6.07) is 11.6. The van der Waals surface area contributed by atoms with Crippen molar-refractivity contribution < 1.29 is 33.7 Å². The Morgan fingerprint density at radius 2 is 1.82 bits per heavy atom. The Labute approximate surface area is 189 Å². The summed E-state index contributed by atoms with van der Waals surface area (Å²) in [5, 5.41) is 11.4. The molecule has 2 aromatic carbocycles. The molecule has 0 aliphatic carbocycles. The van der Waals surface area contributed by atoms with E-state index in [1.54, 1.807) is 43.4 Å². The van der Waals surface area contributed by atoms with Gasteiger partial charge >= 0.3 is 0 Å². The first kappa shape index (κ1) is 21.0. The minimum Gasteiger partial charge on any atom is -0.507 e. The van der Waals surface area contributed by atoms with Crippen LogP contribution in [0.15, 0.2) is 48.0 Å². The quantitative estimate of drug-likeness (QED) is 0.429. The van der Waals surface area contributed by atoms with Gasteiger partial charge in [-0.1, -0.05) is 18.2 Å². The van der Waals surface area contributed by atoms with Gasteiger partial charge in [-0.2, -0.15) is 0 Å². The third-order valence-electron chi connectivity index (χ3n) is 6.27. The molecule has 0 unspecified atom stereocenters. The van der Waals surface area contributed by atoms with Crippen molar-refractivity contribution in [2.75, 3.05) is 45.4 Å². The Bertz CT molecular complexity index is 1220. The molecule has 3 aliphatic rings. The number of benzene rings is 2. The Kier molecular flexibility index (Phi) is 4.86. The van der Waals surface area contributed by atoms with Crippen LogP contribution in [0.5, 0.6) is 11.5 Å². The highest BCUT2D eigenvalue weighted by Crippen LogP contribution is 2.53. The number of hydrogen-bond donors (Lipinski definition) is 1. The second-order valence-electron chi connectivity index (χ2n) is 7.95. The summed E-state index contributed by atoms with van der Waals surface area (Å²) in [5.74, 6) is -1.85. The van der Waals surface area contributed by atoms with Crippen LogP contribution in [0.25, 0.3) is 5.76 Å². The summed E-state index contributed by atoms with van der Waals surface area (Å²) < 4.78 is 16.3. The van der Waals surface area contributed by atoms with E-state index in [4.69, 9.17) is 14.2 Å². The molecule has 0 saturated carbocycles. The number of carbonyl (C=O) groups is 3. The number of carbonyl (C=O) groups excluding carboxylic acids is 3. The molecular formula is C24H22N2O7. The van der Waals surface area contributed by atoms with E-state index < -0.39 is 28.9 Å². The Morgan fingerprint density at radius 3 is 2.58 bits per heavy atom. The van der Waals surface area contributed by atoms with E-state index in [-0.39, 0.29) is 24.3 Å². The number of hydrogen-bond acceptors (Lipinski definition) is 7. The third-order valence-corrected chi connectivity index (χ3v) is 6.27. The molecule has 2 amide bonds. The monoisotopic (exact) mass is 450 g/mol. The largest absolute Gasteiger partial charge is 0.507 e. The van der Waals surface area contributed by atoms with E-state index in [9.17, 15) is 19.5 Å². The highest BCUT2D eigenvalue weighted by atomic mass is 16.6. The lowest BCUT2D eigenvalue weighted by Gasteiger charge is -2.34. The molecule has 1 spiro atoms. The van der Waals surface area contributed by atoms with Gasteiger partial charge in [-0.05, 0) is 24.3 Å². The number of Topliss-reactive ketones (excluding diaryl/α,β-unsaturated/α-hetero) is 1. The molecule has 3 aliphatic heterocycles. The van der Waals surface area contributed by atoms with Crippen LogP contribution in [0, 0.1) is 0 Å². The van der Waals surface area contributed by atoms with E-state index >= 15 is 0 Å². The number of ketones is 1. The second kappa shape index (κ2) is 7.63. The first-order chi connectivity index (χ1) is 15.9. The molecule has 2 aromatic rings. The first-order valence-corrected chi connectivity index (χ1v) is 10.5. The minimum atomic E-state index is -1.80. The smallest absolute Gasteiger partial charge is 0.296 e. The van der Waals surface area contributed by atoms with Crippen LogP contribution in [-0.4, -0.2) is 68.1 Å². The Hall–Kier alpha value is -3.85. The third kappa shape index (κ3) is 2.78. The van der Waals surface area contributed by atoms with Crippen molar-refractivity contribution in [3.8, 4) is 11.5 Å². The van der Waals surface area contributed by atoms with Gasteiger partial charge in [0.05, 0.1) is 12.2 Å². The molecular weight excluding hydrogens is 428 g/mol. The van der Waals surface area contributed by atoms with Crippen molar-refractivity contribution in [2.45, 2.75) is 5.54 Å². The van der Waals surface area contributed by atoms with Gasteiger partial charge in [0, 0.05) is 37.5 Å². The molecule has 0 radical (unpaired) electrons. The van der Waals surface area contributed by atoms with Crippen LogP contribution in [0.4, 0.5) is 5.69 Å². The molecule has 1 atom stereocenters. The molecule has 33 heavy (non-hydrogen) atoms. The molecule has 1 saturated heterocycles. The van der Waals surface area contributed by atoms with E-state index in [0.29, 0.717) is 36.0 Å². The highest BCUT2D eigenvalue weighted by molar-refractivity contribution is 6.50. The fourth-order valence-electron chi connectivity index (χ4n) is 4.79. The SMILES string of the molecule is COCCN1C(=O)C(=O)C(=C(O)c2ccc3c(c2)OCCO3)[C@]12C(=O)N(C)c1ccccc12. The summed E-state index contributed by atoms with van der Waals surface area (Å²) in [7, 11) is 3.05. The topological polar surface area (TPSA) is 106 Å². The molecule has 9 nitrogen and oxygen atoms in total. The lowest BCUT2D eigenvalue weighted by molar-refractivity contribution is -0.144. The predicted molar refractivity (Wildman–Crippen MR) is 117 cm³/mol. The van der Waals surface area contributed by atoms with Crippen LogP contribution in [0.3, 0.4) is 0 Å². The van der Waals surface area contributed by atoms with Crippen molar-refractivity contribution >= 4 is 29.0 Å². The Morgan fingerprint density at radius 1 is 1.09 bits per heavy atom. The average Bonchev–Trinajstić information content (AvgIpc) is 3.20. The normalized spacial score (nSPS) is 22.9. The maximum Gasteiger partial charge on any atom is 0.296 e. The number of ether oxygens (including phenoxy) is 3. The number of nitrogens with zero attached hydrogens (tertiary/aromatic N) is 2. The fourth-order valence-corrected chi connectivity index (χ4v) is 4.79. The number of fused-ring (bicyclic) bond motifs is 3. The van der Waals surface area contributed by atoms with E-state index in [2.05, 4.69) is 0 Å². The van der Waals surface area contributed by atoms with Crippen LogP contribution < -0.4 is 14.4 Å². The molecule has 1 N–H and O–H groups in total. The number of anilines is 1. The van der Waals surface area contributed by atoms with Gasteiger partial charge in [-0.3, -0.25) is 14.4 Å². The maximum atomic E-state index is 13.8. The number of likely N-dealkylation sites (tertiary alicyclic amines) is 1. The van der Waals surface area contributed by atoms with Crippen molar-refractivity contribution in [1.82, 2.24) is 4.90 Å². The van der Waals surface area contributed by atoms with Crippen LogP contribution >= 0.6 is 0 Å². The van der Waals surface area contributed by atoms with Gasteiger partial charge < -0.3 is 29.1 Å². The zero-order valence-corrected chi connectivity index (χ0v) is 18.2. The number of para-hydroxylation sites is 1. The van der Waals surface area contributed by atoms with Gasteiger partial charge in [0.25, 0.3) is 17.6 Å². The Balaban J connectivity index is 1.78. The summed E-state index contributed by atoms with van der Waals surface area (Å²) in [4.78, 5) is 42.9. The summed E-state index contributed by atoms with van der Waals surface area (Å²) >= 11 is 0. The van der Waals surface area contributed by atoms with Crippen LogP contribution in [0.2, 0.25) is 0 Å². The van der Waals surface area contributed by atoms with Gasteiger partial charge in [-0.15, -0.1) is 0 Å². The molecule has 3 heterocycles. The fraction of sp³-hybridized carbons (Fsp3) is 0.292. The molecule has 170 valence electrons. The highest BCUT2D eigenvalue weighted by Gasteiger charge is 2.66. The van der Waals surface area contributed by atoms with Gasteiger partial charge in [0.15, 0.2) is 17.0 Å². The lowest BCUT2D eigenvalue weighted by Crippen LogP contribution is -2.52. The van der Waals surface area contributed by atoms with Crippen LogP contribution in [0.1, 0.15) is 11.1 Å². The number of amides is 2. The van der Waals surface area contributed by atoms with Gasteiger partial charge in [0.2, 0.25) is 0 Å². The van der Waals surface area contributed by atoms with Crippen molar-refractivity contribution in [3.05, 3.63) is 59.2 Å². The maximum absolute atomic E-state index is 13.8. The number of methoxy groups -OCH3 is 1. The van der Waals surface area contributed by atoms with Crippen molar-refractivity contribution in [1.29, 1.82) is 0 Å². The molecule has 0 bridgehead atoms. The van der Waals surface area contributed by atoms with Crippen LogP contribution in [-0.2, 0) is 24.7 Å². The summed E-state index contributed by atoms with van der Waals surface area (Å²) in [5.41, 5.74) is -0.827. The molecule has 5 rings (SSSR count). The standard InChI is InChI=1S/C24H22N2O7/c1-25-16-6-4-3-5-15(16)24(23(25)30)19(21(28)22(29)26(24)9-10-31-2)20(27)14-7-8-17-18(13-14)33-12-11-32-17/h3-8,13,27H,9-12H2,1-2H3/t24-/m1/s1. The summed E-state index contributed by atoms with van der Waals surface area (Å²) in [6.07, 6.45) is 0. The van der Waals surface area contributed by atoms with Gasteiger partial charge in [0.1, 0.15) is 19.0 Å². The minimum absolute atomic E-state index is 0.00704. The van der Waals surface area contributed by atoms with E-state index in [1.807, 2.05) is 0 Å². The molecule has 0 aromatic heterocycles. The first-order valence-electron chi connectivity index (χ1n) is 10.5. The van der Waals surface area contributed by atoms with E-state index in [0.717, 1.165) is 0 Å². The zero-order chi connectivity index (χ0) is 23.3. The van der Waals surface area contributed by atoms with E-state index in [1.165, 1.54) is 23.0 Å². The molecule has 1 fully saturated rings. The number of aliphatic hydroxyl groups excluding tert-OH is 1. The number of likely N-dealkylation sites (N-methyl/N-ethyl adjacent to an activating group) is 1. The summed E-state index contributed by atoms with van der Waals surface area (Å²) in [6.45, 7) is 0.850. The van der Waals surface area contributed by atoms with Crippen molar-refractivity contribution in [2.24, 2.45) is 0 Å². The number of rotatable bonds is 4.